The second-order valence-electron chi connectivity index (χ2n) is 5.64. The van der Waals surface area contributed by atoms with Crippen LogP contribution >= 0.6 is 0 Å². The van der Waals surface area contributed by atoms with E-state index in [1.165, 1.54) is 12.7 Å². The van der Waals surface area contributed by atoms with Crippen molar-refractivity contribution >= 4 is 5.97 Å². The van der Waals surface area contributed by atoms with Crippen molar-refractivity contribution in [3.63, 3.8) is 0 Å². The van der Waals surface area contributed by atoms with Crippen molar-refractivity contribution in [3.8, 4) is 11.1 Å². The van der Waals surface area contributed by atoms with E-state index in [9.17, 15) is 4.79 Å². The van der Waals surface area contributed by atoms with Crippen molar-refractivity contribution in [1.82, 2.24) is 4.98 Å². The van der Waals surface area contributed by atoms with E-state index in [0.717, 1.165) is 23.2 Å². The van der Waals surface area contributed by atoms with Gasteiger partial charge in [-0.05, 0) is 36.5 Å². The maximum atomic E-state index is 12.2. The molecule has 3 nitrogen and oxygen atoms in total. The third-order valence-electron chi connectivity index (χ3n) is 3.38. The topological polar surface area (TPSA) is 39.2 Å². The Morgan fingerprint density at radius 2 is 1.86 bits per heavy atom. The number of hydrogen-bond donors (Lipinski definition) is 0. The Kier molecular flexibility index (Phi) is 4.73. The van der Waals surface area contributed by atoms with Crippen LogP contribution in [0, 0.1) is 12.8 Å². The molecule has 0 bridgehead atoms. The van der Waals surface area contributed by atoms with Gasteiger partial charge in [-0.2, -0.15) is 0 Å². The zero-order valence-corrected chi connectivity index (χ0v) is 13.0. The Balaban J connectivity index is 2.59. The summed E-state index contributed by atoms with van der Waals surface area (Å²) in [5.41, 5.74) is 4.46. The molecule has 3 heteroatoms. The summed E-state index contributed by atoms with van der Waals surface area (Å²) in [5.74, 6) is 0.100. The maximum Gasteiger partial charge on any atom is 0.340 e. The first-order valence-corrected chi connectivity index (χ1v) is 7.16. The Hall–Kier alpha value is -2.16. The summed E-state index contributed by atoms with van der Waals surface area (Å²) in [6.07, 6.45) is 2.52. The summed E-state index contributed by atoms with van der Waals surface area (Å²) in [4.78, 5) is 16.6. The fourth-order valence-electron chi connectivity index (χ4n) is 2.35. The molecule has 0 amide bonds. The summed E-state index contributed by atoms with van der Waals surface area (Å²) < 4.78 is 4.97. The molecule has 0 saturated carbocycles. The normalized spacial score (nSPS) is 10.7. The lowest BCUT2D eigenvalue weighted by Gasteiger charge is -2.14. The molecule has 0 aliphatic carbocycles. The number of rotatable bonds is 4. The van der Waals surface area contributed by atoms with Gasteiger partial charge in [0.05, 0.1) is 18.4 Å². The molecule has 1 heterocycles. The highest BCUT2D eigenvalue weighted by Gasteiger charge is 2.19. The molecule has 0 aliphatic rings. The van der Waals surface area contributed by atoms with E-state index in [4.69, 9.17) is 4.74 Å². The zero-order chi connectivity index (χ0) is 15.4. The second kappa shape index (κ2) is 6.53. The highest BCUT2D eigenvalue weighted by atomic mass is 16.5. The lowest BCUT2D eigenvalue weighted by Crippen LogP contribution is -2.11. The van der Waals surface area contributed by atoms with Crippen molar-refractivity contribution in [2.75, 3.05) is 7.11 Å². The molecule has 0 radical (unpaired) electrons. The smallest absolute Gasteiger partial charge is 0.340 e. The molecule has 21 heavy (non-hydrogen) atoms. The number of nitrogens with zero attached hydrogens (tertiary/aromatic N) is 1. The number of benzene rings is 1. The average Bonchev–Trinajstić information content (AvgIpc) is 2.46. The van der Waals surface area contributed by atoms with Crippen molar-refractivity contribution < 1.29 is 9.53 Å². The highest BCUT2D eigenvalue weighted by Crippen LogP contribution is 2.27. The van der Waals surface area contributed by atoms with Crippen LogP contribution in [0.5, 0.6) is 0 Å². The minimum absolute atomic E-state index is 0.325. The summed E-state index contributed by atoms with van der Waals surface area (Å²) in [7, 11) is 1.41. The van der Waals surface area contributed by atoms with Gasteiger partial charge in [0.15, 0.2) is 0 Å². The summed E-state index contributed by atoms with van der Waals surface area (Å²) in [6, 6.07) is 10.0. The summed E-state index contributed by atoms with van der Waals surface area (Å²) >= 11 is 0. The van der Waals surface area contributed by atoms with Crippen molar-refractivity contribution in [1.29, 1.82) is 0 Å². The van der Waals surface area contributed by atoms with Gasteiger partial charge in [-0.1, -0.05) is 43.7 Å². The van der Waals surface area contributed by atoms with Gasteiger partial charge in [0.1, 0.15) is 0 Å². The van der Waals surface area contributed by atoms with Crippen molar-refractivity contribution in [2.24, 2.45) is 5.92 Å². The van der Waals surface area contributed by atoms with Crippen LogP contribution in [0.25, 0.3) is 11.1 Å². The highest BCUT2D eigenvalue weighted by molar-refractivity contribution is 5.98. The number of hydrogen-bond acceptors (Lipinski definition) is 3. The minimum atomic E-state index is -0.325. The van der Waals surface area contributed by atoms with E-state index in [0.29, 0.717) is 11.5 Å². The second-order valence-corrected chi connectivity index (χ2v) is 5.64. The lowest BCUT2D eigenvalue weighted by atomic mass is 9.95. The van der Waals surface area contributed by atoms with Gasteiger partial charge in [0, 0.05) is 6.20 Å². The molecule has 110 valence electrons. The zero-order valence-electron chi connectivity index (χ0n) is 13.0. The molecule has 1 aromatic carbocycles. The monoisotopic (exact) mass is 283 g/mol. The summed E-state index contributed by atoms with van der Waals surface area (Å²) in [5, 5.41) is 0. The fraction of sp³-hybridized carbons (Fsp3) is 0.333. The molecule has 0 unspecified atom stereocenters. The summed E-state index contributed by atoms with van der Waals surface area (Å²) in [6.45, 7) is 6.27. The van der Waals surface area contributed by atoms with Crippen LogP contribution in [-0.2, 0) is 11.2 Å². The van der Waals surface area contributed by atoms with Gasteiger partial charge in [-0.15, -0.1) is 0 Å². The van der Waals surface area contributed by atoms with Crippen LogP contribution in [0.2, 0.25) is 0 Å². The Morgan fingerprint density at radius 3 is 2.43 bits per heavy atom. The first-order valence-electron chi connectivity index (χ1n) is 7.16. The lowest BCUT2D eigenvalue weighted by molar-refractivity contribution is 0.0599. The molecule has 0 saturated heterocycles. The number of esters is 1. The quantitative estimate of drug-likeness (QED) is 0.795. The Bertz CT molecular complexity index is 630. The fourth-order valence-corrected chi connectivity index (χ4v) is 2.35. The molecule has 2 rings (SSSR count). The minimum Gasteiger partial charge on any atom is -0.465 e. The largest absolute Gasteiger partial charge is 0.465 e. The van der Waals surface area contributed by atoms with Gasteiger partial charge in [0.2, 0.25) is 0 Å². The Morgan fingerprint density at radius 1 is 1.19 bits per heavy atom. The number of carbonyl (C=O) groups excluding carboxylic acids is 1. The predicted octanol–water partition coefficient (Wildman–Crippen LogP) is 4.04. The molecular formula is C18H21NO2. The number of aryl methyl sites for hydroxylation is 1. The van der Waals surface area contributed by atoms with Crippen LogP contribution in [0.15, 0.2) is 36.5 Å². The number of ether oxygens (including phenoxy) is 1. The van der Waals surface area contributed by atoms with Crippen LogP contribution in [0.3, 0.4) is 0 Å². The van der Waals surface area contributed by atoms with Crippen LogP contribution in [0.1, 0.15) is 35.5 Å². The SMILES string of the molecule is COC(=O)c1c(-c2ccc(C)cc2)ccnc1CC(C)C. The third kappa shape index (κ3) is 3.48. The van der Waals surface area contributed by atoms with E-state index in [2.05, 4.69) is 18.8 Å². The predicted molar refractivity (Wildman–Crippen MR) is 84.3 cm³/mol. The van der Waals surface area contributed by atoms with E-state index < -0.39 is 0 Å². The van der Waals surface area contributed by atoms with Crippen LogP contribution in [-0.4, -0.2) is 18.1 Å². The average molecular weight is 283 g/mol. The van der Waals surface area contributed by atoms with E-state index in [-0.39, 0.29) is 5.97 Å². The van der Waals surface area contributed by atoms with Crippen molar-refractivity contribution in [3.05, 3.63) is 53.3 Å². The molecule has 0 fully saturated rings. The van der Waals surface area contributed by atoms with Crippen LogP contribution < -0.4 is 0 Å². The first kappa shape index (κ1) is 15.2. The van der Waals surface area contributed by atoms with Crippen molar-refractivity contribution in [2.45, 2.75) is 27.2 Å². The molecule has 0 aliphatic heterocycles. The molecule has 0 N–H and O–H groups in total. The molecule has 1 aromatic heterocycles. The van der Waals surface area contributed by atoms with E-state index in [1.54, 1.807) is 6.20 Å². The maximum absolute atomic E-state index is 12.2. The Labute approximate surface area is 126 Å². The van der Waals surface area contributed by atoms with E-state index in [1.807, 2.05) is 37.3 Å². The number of aromatic nitrogens is 1. The molecule has 0 atom stereocenters. The number of pyridine rings is 1. The third-order valence-corrected chi connectivity index (χ3v) is 3.38. The molecular weight excluding hydrogens is 262 g/mol. The van der Waals surface area contributed by atoms with Gasteiger partial charge in [-0.3, -0.25) is 4.98 Å². The molecule has 0 spiro atoms. The van der Waals surface area contributed by atoms with Crippen LogP contribution in [0.4, 0.5) is 0 Å². The van der Waals surface area contributed by atoms with E-state index >= 15 is 0 Å². The number of methoxy groups -OCH3 is 1. The van der Waals surface area contributed by atoms with Gasteiger partial charge < -0.3 is 4.74 Å². The molecule has 2 aromatic rings. The standard InChI is InChI=1S/C18H21NO2/c1-12(2)11-16-17(18(20)21-4)15(9-10-19-16)14-7-5-13(3)6-8-14/h5-10,12H,11H2,1-4H3. The number of carbonyl (C=O) groups is 1. The van der Waals surface area contributed by atoms with Gasteiger partial charge in [0.25, 0.3) is 0 Å². The van der Waals surface area contributed by atoms with Gasteiger partial charge >= 0.3 is 5.97 Å². The first-order chi connectivity index (χ1) is 10.0. The van der Waals surface area contributed by atoms with Gasteiger partial charge in [-0.25, -0.2) is 4.79 Å².